The van der Waals surface area contributed by atoms with Crippen LogP contribution in [0.2, 0.25) is 10.3 Å². The van der Waals surface area contributed by atoms with Gasteiger partial charge < -0.3 is 10.6 Å². The highest BCUT2D eigenvalue weighted by atomic mass is 79.9. The van der Waals surface area contributed by atoms with Crippen LogP contribution in [-0.4, -0.2) is 19.9 Å². The lowest BCUT2D eigenvalue weighted by molar-refractivity contribution is 0.871. The summed E-state index contributed by atoms with van der Waals surface area (Å²) in [6.45, 7) is 11.0. The van der Waals surface area contributed by atoms with E-state index in [0.29, 0.717) is 21.8 Å². The van der Waals surface area contributed by atoms with Crippen molar-refractivity contribution in [1.82, 2.24) is 19.9 Å². The summed E-state index contributed by atoms with van der Waals surface area (Å²) in [7, 11) is 0. The lowest BCUT2D eigenvalue weighted by Gasteiger charge is -2.14. The van der Waals surface area contributed by atoms with E-state index in [1.165, 1.54) is 18.2 Å². The van der Waals surface area contributed by atoms with Crippen molar-refractivity contribution in [2.75, 3.05) is 10.6 Å². The summed E-state index contributed by atoms with van der Waals surface area (Å²) in [5.74, 6) is 1.40. The van der Waals surface area contributed by atoms with E-state index in [2.05, 4.69) is 70.4 Å². The average molecular weight is 571 g/mol. The Kier molecular flexibility index (Phi) is 9.79. The van der Waals surface area contributed by atoms with Gasteiger partial charge in [-0.3, -0.25) is 0 Å². The van der Waals surface area contributed by atoms with Crippen LogP contribution >= 0.6 is 39.1 Å². The molecule has 35 heavy (non-hydrogen) atoms. The van der Waals surface area contributed by atoms with Crippen molar-refractivity contribution < 1.29 is 0 Å². The number of rotatable bonds is 6. The minimum absolute atomic E-state index is 0.0794. The standard InChI is InChI=1S/C13H11ClN4.C12H11BrClN3/c1-9(10-3-5-11(15-2)6-4-10)18-13-7-12(14)16-8-17-13;1-8(9-2-4-10(13)5-3-9)17-12-6-11(14)15-7-16-12/h3-9H,1H3,(H,16,17,18);2-8H,1H3,(H,15,16,17). The molecule has 2 unspecified atom stereocenters. The van der Waals surface area contributed by atoms with Crippen LogP contribution in [0, 0.1) is 6.57 Å². The zero-order valence-electron chi connectivity index (χ0n) is 19.0. The molecule has 4 aromatic rings. The maximum atomic E-state index is 6.90. The summed E-state index contributed by atoms with van der Waals surface area (Å²) in [5.41, 5.74) is 2.90. The number of nitrogens with one attached hydrogen (secondary N) is 2. The topological polar surface area (TPSA) is 80.0 Å². The van der Waals surface area contributed by atoms with Gasteiger partial charge in [0.2, 0.25) is 0 Å². The van der Waals surface area contributed by atoms with Gasteiger partial charge in [-0.05, 0) is 37.1 Å². The molecule has 0 aliphatic carbocycles. The first-order valence-electron chi connectivity index (χ1n) is 10.5. The van der Waals surface area contributed by atoms with Crippen molar-refractivity contribution >= 4 is 56.5 Å². The molecule has 2 atom stereocenters. The van der Waals surface area contributed by atoms with Gasteiger partial charge in [0.05, 0.1) is 6.57 Å². The Hall–Kier alpha value is -3.25. The van der Waals surface area contributed by atoms with Crippen LogP contribution in [0.5, 0.6) is 0 Å². The normalized spacial score (nSPS) is 11.9. The van der Waals surface area contributed by atoms with Gasteiger partial charge in [-0.15, -0.1) is 0 Å². The van der Waals surface area contributed by atoms with Crippen LogP contribution in [0.25, 0.3) is 4.85 Å². The van der Waals surface area contributed by atoms with Crippen LogP contribution in [0.3, 0.4) is 0 Å². The van der Waals surface area contributed by atoms with Crippen molar-refractivity contribution in [2.45, 2.75) is 25.9 Å². The quantitative estimate of drug-likeness (QED) is 0.181. The maximum Gasteiger partial charge on any atom is 0.187 e. The molecule has 0 saturated carbocycles. The predicted molar refractivity (Wildman–Crippen MR) is 145 cm³/mol. The molecule has 178 valence electrons. The Morgan fingerprint density at radius 2 is 1.17 bits per heavy atom. The Labute approximate surface area is 222 Å². The molecule has 2 aromatic heterocycles. The monoisotopic (exact) mass is 569 g/mol. The third-order valence-corrected chi connectivity index (χ3v) is 5.83. The van der Waals surface area contributed by atoms with E-state index in [1.807, 2.05) is 31.2 Å². The molecule has 0 saturated heterocycles. The second kappa shape index (κ2) is 13.0. The Morgan fingerprint density at radius 1 is 0.743 bits per heavy atom. The van der Waals surface area contributed by atoms with Crippen LogP contribution in [0.4, 0.5) is 17.3 Å². The third-order valence-electron chi connectivity index (χ3n) is 4.89. The van der Waals surface area contributed by atoms with Gasteiger partial charge in [0.25, 0.3) is 0 Å². The number of aromatic nitrogens is 4. The number of hydrogen-bond donors (Lipinski definition) is 2. The van der Waals surface area contributed by atoms with E-state index in [1.54, 1.807) is 24.3 Å². The Balaban J connectivity index is 0.000000196. The molecule has 0 radical (unpaired) electrons. The smallest absolute Gasteiger partial charge is 0.187 e. The highest BCUT2D eigenvalue weighted by Gasteiger charge is 2.07. The minimum Gasteiger partial charge on any atom is -0.363 e. The summed E-state index contributed by atoms with van der Waals surface area (Å²) in [6, 6.07) is 19.2. The average Bonchev–Trinajstić information content (AvgIpc) is 2.85. The molecule has 2 N–H and O–H groups in total. The lowest BCUT2D eigenvalue weighted by Crippen LogP contribution is -2.07. The Morgan fingerprint density at radius 3 is 1.57 bits per heavy atom. The predicted octanol–water partition coefficient (Wildman–Crippen LogP) is 7.92. The van der Waals surface area contributed by atoms with Crippen LogP contribution < -0.4 is 10.6 Å². The fourth-order valence-corrected chi connectivity index (χ4v) is 3.58. The molecule has 2 heterocycles. The third kappa shape index (κ3) is 8.48. The molecule has 10 heteroatoms. The van der Waals surface area contributed by atoms with E-state index in [0.717, 1.165) is 15.9 Å². The van der Waals surface area contributed by atoms with Crippen LogP contribution in [0.15, 0.2) is 77.8 Å². The van der Waals surface area contributed by atoms with E-state index >= 15 is 0 Å². The SMILES string of the molecule is CC(Nc1cc(Cl)ncn1)c1ccc(Br)cc1.[C-]#[N+]c1ccc(C(C)Nc2cc(Cl)ncn2)cc1. The van der Waals surface area contributed by atoms with Crippen LogP contribution in [-0.2, 0) is 0 Å². The molecule has 0 bridgehead atoms. The number of anilines is 2. The molecular weight excluding hydrogens is 549 g/mol. The van der Waals surface area contributed by atoms with Crippen molar-refractivity contribution in [3.63, 3.8) is 0 Å². The molecule has 0 spiro atoms. The zero-order chi connectivity index (χ0) is 25.2. The van der Waals surface area contributed by atoms with Crippen molar-refractivity contribution in [2.24, 2.45) is 0 Å². The van der Waals surface area contributed by atoms with Crippen LogP contribution in [0.1, 0.15) is 37.1 Å². The second-order valence-electron chi connectivity index (χ2n) is 7.44. The molecule has 4 rings (SSSR count). The van der Waals surface area contributed by atoms with E-state index < -0.39 is 0 Å². The first kappa shape index (κ1) is 26.4. The molecule has 0 aliphatic rings. The van der Waals surface area contributed by atoms with Crippen molar-refractivity contribution in [1.29, 1.82) is 0 Å². The van der Waals surface area contributed by atoms with Gasteiger partial charge in [0, 0.05) is 28.7 Å². The molecule has 2 aromatic carbocycles. The van der Waals surface area contributed by atoms with Gasteiger partial charge in [-0.2, -0.15) is 0 Å². The highest BCUT2D eigenvalue weighted by molar-refractivity contribution is 9.10. The fourth-order valence-electron chi connectivity index (χ4n) is 3.02. The zero-order valence-corrected chi connectivity index (χ0v) is 22.1. The second-order valence-corrected chi connectivity index (χ2v) is 9.13. The largest absolute Gasteiger partial charge is 0.363 e. The van der Waals surface area contributed by atoms with E-state index in [-0.39, 0.29) is 12.1 Å². The summed E-state index contributed by atoms with van der Waals surface area (Å²) in [4.78, 5) is 19.2. The van der Waals surface area contributed by atoms with Gasteiger partial charge in [0.1, 0.15) is 34.6 Å². The first-order valence-corrected chi connectivity index (χ1v) is 12.1. The van der Waals surface area contributed by atoms with Gasteiger partial charge in [0.15, 0.2) is 5.69 Å². The lowest BCUT2D eigenvalue weighted by atomic mass is 10.1. The first-order chi connectivity index (χ1) is 16.8. The summed E-state index contributed by atoms with van der Waals surface area (Å²) >= 11 is 15.0. The number of hydrogen-bond acceptors (Lipinski definition) is 6. The van der Waals surface area contributed by atoms with E-state index in [9.17, 15) is 0 Å². The fraction of sp³-hybridized carbons (Fsp3) is 0.160. The molecule has 0 aliphatic heterocycles. The number of halogens is 3. The summed E-state index contributed by atoms with van der Waals surface area (Å²) < 4.78 is 1.07. The van der Waals surface area contributed by atoms with Crippen molar-refractivity contribution in [3.8, 4) is 0 Å². The highest BCUT2D eigenvalue weighted by Crippen LogP contribution is 2.22. The molecule has 7 nitrogen and oxygen atoms in total. The van der Waals surface area contributed by atoms with E-state index in [4.69, 9.17) is 29.8 Å². The maximum absolute atomic E-state index is 6.90. The minimum atomic E-state index is 0.0794. The van der Waals surface area contributed by atoms with Crippen molar-refractivity contribution in [3.05, 3.63) is 111 Å². The molecule has 0 amide bonds. The summed E-state index contributed by atoms with van der Waals surface area (Å²) in [6.07, 6.45) is 2.86. The van der Waals surface area contributed by atoms with Gasteiger partial charge in [-0.1, -0.05) is 75.5 Å². The van der Waals surface area contributed by atoms with Gasteiger partial charge in [-0.25, -0.2) is 24.8 Å². The van der Waals surface area contributed by atoms with Gasteiger partial charge >= 0.3 is 0 Å². The molecule has 0 fully saturated rings. The summed E-state index contributed by atoms with van der Waals surface area (Å²) in [5, 5.41) is 7.33. The number of benzene rings is 2. The number of nitrogens with zero attached hydrogens (tertiary/aromatic N) is 5. The molecular formula is C25H22BrCl2N7. The Bertz CT molecular complexity index is 1280.